The molecule has 0 amide bonds. The van der Waals surface area contributed by atoms with Gasteiger partial charge in [0.25, 0.3) is 0 Å². The Morgan fingerprint density at radius 3 is 2.57 bits per heavy atom. The second kappa shape index (κ2) is 4.48. The highest BCUT2D eigenvalue weighted by molar-refractivity contribution is 5.85. The Bertz CT molecular complexity index is 334. The van der Waals surface area contributed by atoms with Crippen molar-refractivity contribution in [3.8, 4) is 0 Å². The van der Waals surface area contributed by atoms with Gasteiger partial charge in [0.1, 0.15) is 0 Å². The van der Waals surface area contributed by atoms with Crippen LogP contribution in [0.2, 0.25) is 0 Å². The third kappa shape index (κ3) is 2.95. The Morgan fingerprint density at radius 2 is 2.14 bits per heavy atom. The van der Waals surface area contributed by atoms with E-state index in [0.717, 1.165) is 17.2 Å². The summed E-state index contributed by atoms with van der Waals surface area (Å²) in [5, 5.41) is 8.41. The maximum atomic E-state index is 10.2. The first-order valence-electron chi connectivity index (χ1n) is 4.44. The Balaban J connectivity index is 2.78. The van der Waals surface area contributed by atoms with Crippen LogP contribution in [0.15, 0.2) is 18.2 Å². The van der Waals surface area contributed by atoms with Gasteiger partial charge in [-0.05, 0) is 24.1 Å². The highest BCUT2D eigenvalue weighted by Gasteiger charge is 1.96. The number of carboxylic acid groups (broad SMARTS) is 1. The third-order valence-corrected chi connectivity index (χ3v) is 1.82. The van der Waals surface area contributed by atoms with Gasteiger partial charge in [0.15, 0.2) is 0 Å². The number of hydrogen-bond donors (Lipinski definition) is 1. The van der Waals surface area contributed by atoms with Crippen molar-refractivity contribution in [1.29, 1.82) is 0 Å². The van der Waals surface area contributed by atoms with Gasteiger partial charge in [-0.2, -0.15) is 0 Å². The highest BCUT2D eigenvalue weighted by atomic mass is 16.4. The second-order valence-corrected chi connectivity index (χ2v) is 3.32. The van der Waals surface area contributed by atoms with Crippen LogP contribution in [0.25, 0.3) is 6.08 Å². The van der Waals surface area contributed by atoms with E-state index in [2.05, 4.69) is 26.0 Å². The Labute approximate surface area is 83.9 Å². The van der Waals surface area contributed by atoms with E-state index >= 15 is 0 Å². The minimum atomic E-state index is -0.952. The minimum absolute atomic E-state index is 0.420. The van der Waals surface area contributed by atoms with Gasteiger partial charge < -0.3 is 5.11 Å². The molecule has 0 saturated carbocycles. The summed E-state index contributed by atoms with van der Waals surface area (Å²) in [5.74, 6) is -0.532. The number of hydrogen-bond acceptors (Lipinski definition) is 1. The number of carbonyl (C=O) groups is 1. The van der Waals surface area contributed by atoms with Crippen molar-refractivity contribution < 1.29 is 9.90 Å². The van der Waals surface area contributed by atoms with E-state index in [1.54, 1.807) is 0 Å². The number of rotatable bonds is 3. The van der Waals surface area contributed by atoms with Crippen molar-refractivity contribution in [3.63, 3.8) is 0 Å². The van der Waals surface area contributed by atoms with E-state index in [-0.39, 0.29) is 0 Å². The molecule has 0 saturated heterocycles. The van der Waals surface area contributed by atoms with Crippen LogP contribution in [0.4, 0.5) is 0 Å². The molecular weight excluding hydrogens is 176 g/mol. The van der Waals surface area contributed by atoms with Crippen LogP contribution < -0.4 is 0 Å². The van der Waals surface area contributed by atoms with Crippen molar-refractivity contribution in [1.82, 2.24) is 0 Å². The first-order valence-corrected chi connectivity index (χ1v) is 4.44. The second-order valence-electron chi connectivity index (χ2n) is 3.32. The molecule has 0 aliphatic carbocycles. The molecule has 0 radical (unpaired) electrons. The normalized spacial score (nSPS) is 10.5. The van der Waals surface area contributed by atoms with Crippen molar-refractivity contribution in [2.75, 3.05) is 0 Å². The van der Waals surface area contributed by atoms with E-state index in [0.29, 0.717) is 5.92 Å². The van der Waals surface area contributed by atoms with Gasteiger partial charge in [-0.3, -0.25) is 0 Å². The number of aliphatic carboxylic acids is 1. The molecule has 0 heterocycles. The molecule has 0 atom stereocenters. The summed E-state index contributed by atoms with van der Waals surface area (Å²) < 4.78 is 0. The Kier molecular flexibility index (Phi) is 3.30. The zero-order valence-electron chi connectivity index (χ0n) is 8.24. The van der Waals surface area contributed by atoms with Crippen LogP contribution in [-0.4, -0.2) is 11.1 Å². The molecule has 0 aliphatic heterocycles. The topological polar surface area (TPSA) is 37.3 Å². The average molecular weight is 188 g/mol. The fraction of sp³-hybridized carbons (Fsp3) is 0.250. The van der Waals surface area contributed by atoms with Crippen molar-refractivity contribution in [3.05, 3.63) is 41.5 Å². The summed E-state index contributed by atoms with van der Waals surface area (Å²) in [6.07, 6.45) is 2.59. The standard InChI is InChI=1S/C12H12O2/c1-9(2)11-6-3-10(4-7-11)5-8-12(13)14/h3,5-6,8-9H,1-2H3,(H,13,14)/b8-5+. The molecule has 1 rings (SSSR count). The van der Waals surface area contributed by atoms with Crippen molar-refractivity contribution in [2.45, 2.75) is 19.8 Å². The van der Waals surface area contributed by atoms with E-state index in [4.69, 9.17) is 5.11 Å². The summed E-state index contributed by atoms with van der Waals surface area (Å²) >= 11 is 0. The summed E-state index contributed by atoms with van der Waals surface area (Å²) in [4.78, 5) is 10.2. The molecule has 2 nitrogen and oxygen atoms in total. The Hall–Kier alpha value is -1.75. The summed E-state index contributed by atoms with van der Waals surface area (Å²) in [7, 11) is 0. The van der Waals surface area contributed by atoms with Crippen LogP contribution in [-0.2, 0) is 4.79 Å². The van der Waals surface area contributed by atoms with Gasteiger partial charge in [0, 0.05) is 17.2 Å². The lowest BCUT2D eigenvalue weighted by Crippen LogP contribution is -1.86. The Morgan fingerprint density at radius 1 is 1.43 bits per heavy atom. The largest absolute Gasteiger partial charge is 0.478 e. The smallest absolute Gasteiger partial charge is 0.328 e. The van der Waals surface area contributed by atoms with Crippen LogP contribution in [0, 0.1) is 12.1 Å². The molecule has 1 aromatic rings. The van der Waals surface area contributed by atoms with Crippen LogP contribution in [0.1, 0.15) is 30.9 Å². The third-order valence-electron chi connectivity index (χ3n) is 1.82. The molecule has 0 aliphatic rings. The fourth-order valence-electron chi connectivity index (χ4n) is 1.00. The van der Waals surface area contributed by atoms with E-state index in [1.165, 1.54) is 6.08 Å². The summed E-state index contributed by atoms with van der Waals surface area (Å²) in [6, 6.07) is 9.66. The van der Waals surface area contributed by atoms with E-state index < -0.39 is 5.97 Å². The maximum absolute atomic E-state index is 10.2. The SMILES string of the molecule is CC(C)c1c#cc(/C=C/C(=O)O)cc1. The lowest BCUT2D eigenvalue weighted by molar-refractivity contribution is -0.131. The van der Waals surface area contributed by atoms with Gasteiger partial charge in [-0.25, -0.2) is 4.79 Å². The van der Waals surface area contributed by atoms with E-state index in [9.17, 15) is 4.79 Å². The molecule has 0 fully saturated rings. The molecule has 1 aromatic carbocycles. The minimum Gasteiger partial charge on any atom is -0.478 e. The summed E-state index contributed by atoms with van der Waals surface area (Å²) in [5.41, 5.74) is 1.81. The number of carboxylic acids is 1. The molecule has 72 valence electrons. The van der Waals surface area contributed by atoms with Crippen LogP contribution >= 0.6 is 0 Å². The van der Waals surface area contributed by atoms with Gasteiger partial charge in [-0.15, -0.1) is 0 Å². The molecule has 0 aromatic heterocycles. The van der Waals surface area contributed by atoms with Crippen molar-refractivity contribution >= 4 is 12.0 Å². The average Bonchev–Trinajstić information content (AvgIpc) is 2.15. The predicted octanol–water partition coefficient (Wildman–Crippen LogP) is 2.51. The molecule has 1 N–H and O–H groups in total. The molecule has 0 spiro atoms. The zero-order valence-corrected chi connectivity index (χ0v) is 8.24. The van der Waals surface area contributed by atoms with Gasteiger partial charge in [0.05, 0.1) is 0 Å². The van der Waals surface area contributed by atoms with Gasteiger partial charge >= 0.3 is 5.97 Å². The molecule has 14 heavy (non-hydrogen) atoms. The van der Waals surface area contributed by atoms with Crippen molar-refractivity contribution in [2.24, 2.45) is 0 Å². The predicted molar refractivity (Wildman–Crippen MR) is 54.9 cm³/mol. The molecule has 0 unspecified atom stereocenters. The van der Waals surface area contributed by atoms with E-state index in [1.807, 2.05) is 12.1 Å². The lowest BCUT2D eigenvalue weighted by atomic mass is 10.0. The highest BCUT2D eigenvalue weighted by Crippen LogP contribution is 2.11. The molecule has 2 heteroatoms. The monoisotopic (exact) mass is 188 g/mol. The summed E-state index contributed by atoms with van der Waals surface area (Å²) in [6.45, 7) is 4.15. The van der Waals surface area contributed by atoms with Gasteiger partial charge in [0.2, 0.25) is 0 Å². The fourth-order valence-corrected chi connectivity index (χ4v) is 1.00. The van der Waals surface area contributed by atoms with Gasteiger partial charge in [-0.1, -0.05) is 26.0 Å². The molecular formula is C12H12O2. The first-order chi connectivity index (χ1) is 6.59. The zero-order chi connectivity index (χ0) is 10.6. The quantitative estimate of drug-likeness (QED) is 0.740. The van der Waals surface area contributed by atoms with Crippen LogP contribution in [0.3, 0.4) is 0 Å². The molecule has 0 bridgehead atoms. The first kappa shape index (κ1) is 10.3. The lowest BCUT2D eigenvalue weighted by Gasteiger charge is -1.99. The van der Waals surface area contributed by atoms with Crippen LogP contribution in [0.5, 0.6) is 0 Å². The maximum Gasteiger partial charge on any atom is 0.328 e.